The lowest BCUT2D eigenvalue weighted by molar-refractivity contribution is -0.139. The van der Waals surface area contributed by atoms with E-state index in [1.807, 2.05) is 30.3 Å². The average Bonchev–Trinajstić information content (AvgIpc) is 3.42. The molecule has 0 heterocycles. The highest BCUT2D eigenvalue weighted by Gasteiger charge is 2.32. The van der Waals surface area contributed by atoms with Gasteiger partial charge in [0.05, 0.1) is 5.75 Å². The quantitative estimate of drug-likeness (QED) is 0.335. The van der Waals surface area contributed by atoms with Gasteiger partial charge in [-0.15, -0.1) is 11.8 Å². The molecule has 3 aromatic carbocycles. The Morgan fingerprint density at radius 3 is 2.24 bits per heavy atom. The lowest BCUT2D eigenvalue weighted by Gasteiger charge is -2.32. The van der Waals surface area contributed by atoms with Crippen LogP contribution in [0.5, 0.6) is 0 Å². The molecule has 0 spiro atoms. The van der Waals surface area contributed by atoms with E-state index in [0.717, 1.165) is 42.4 Å². The van der Waals surface area contributed by atoms with Crippen LogP contribution in [0.4, 0.5) is 4.39 Å². The van der Waals surface area contributed by atoms with E-state index >= 15 is 0 Å². The van der Waals surface area contributed by atoms with Crippen LogP contribution in [-0.2, 0) is 28.3 Å². The average molecular weight is 519 g/mol. The van der Waals surface area contributed by atoms with Crippen LogP contribution in [0.2, 0.25) is 0 Å². The Balaban J connectivity index is 1.55. The van der Waals surface area contributed by atoms with Crippen LogP contribution in [0.3, 0.4) is 0 Å². The fraction of sp³-hybridized carbons (Fsp3) is 0.355. The van der Waals surface area contributed by atoms with Gasteiger partial charge in [-0.1, -0.05) is 85.1 Å². The van der Waals surface area contributed by atoms with Gasteiger partial charge >= 0.3 is 0 Å². The molecule has 0 unspecified atom stereocenters. The standard InChI is InChI=1S/C31H35FN2O2S/c1-23-11-13-26(14-12-23)21-37-22-30(35)34(20-25-15-17-27(32)18-16-25)29(19-24-7-3-2-4-8-24)31(36)33-28-9-5-6-10-28/h2-4,7-8,11-18,28-29H,5-6,9-10,19-22H2,1H3,(H,33,36)/t29-/m0/s1. The second kappa shape index (κ2) is 13.4. The van der Waals surface area contributed by atoms with Crippen molar-refractivity contribution in [2.45, 2.75) is 63.4 Å². The number of nitrogens with one attached hydrogen (secondary N) is 1. The Hall–Kier alpha value is -3.12. The minimum absolute atomic E-state index is 0.0936. The molecular weight excluding hydrogens is 483 g/mol. The number of carbonyl (C=O) groups excluding carboxylic acids is 2. The van der Waals surface area contributed by atoms with E-state index in [9.17, 15) is 14.0 Å². The maximum Gasteiger partial charge on any atom is 0.243 e. The third-order valence-electron chi connectivity index (χ3n) is 6.85. The van der Waals surface area contributed by atoms with Gasteiger partial charge in [0.1, 0.15) is 11.9 Å². The fourth-order valence-electron chi connectivity index (χ4n) is 4.73. The molecule has 1 fully saturated rings. The second-order valence-corrected chi connectivity index (χ2v) is 10.8. The lowest BCUT2D eigenvalue weighted by Crippen LogP contribution is -2.52. The Bertz CT molecular complexity index is 1150. The molecule has 1 N–H and O–H groups in total. The zero-order chi connectivity index (χ0) is 26.0. The number of amides is 2. The molecule has 37 heavy (non-hydrogen) atoms. The summed E-state index contributed by atoms with van der Waals surface area (Å²) in [5.41, 5.74) is 4.16. The van der Waals surface area contributed by atoms with E-state index in [1.54, 1.807) is 28.8 Å². The van der Waals surface area contributed by atoms with Crippen molar-refractivity contribution in [3.05, 3.63) is 107 Å². The van der Waals surface area contributed by atoms with Crippen LogP contribution in [0.1, 0.15) is 47.9 Å². The normalized spacial score (nSPS) is 14.3. The summed E-state index contributed by atoms with van der Waals surface area (Å²) in [4.78, 5) is 29.0. The van der Waals surface area contributed by atoms with E-state index in [0.29, 0.717) is 12.2 Å². The van der Waals surface area contributed by atoms with Gasteiger partial charge in [-0.2, -0.15) is 0 Å². The van der Waals surface area contributed by atoms with Crippen LogP contribution in [0.25, 0.3) is 0 Å². The van der Waals surface area contributed by atoms with Gasteiger partial charge in [0, 0.05) is 24.8 Å². The summed E-state index contributed by atoms with van der Waals surface area (Å²) in [6.45, 7) is 2.30. The Morgan fingerprint density at radius 1 is 0.919 bits per heavy atom. The molecule has 4 nitrogen and oxygen atoms in total. The molecule has 1 atom stereocenters. The van der Waals surface area contributed by atoms with Gasteiger partial charge in [0.2, 0.25) is 11.8 Å². The first-order valence-corrected chi connectivity index (χ1v) is 14.1. The maximum atomic E-state index is 13.7. The third-order valence-corrected chi connectivity index (χ3v) is 7.84. The second-order valence-electron chi connectivity index (χ2n) is 9.82. The number of hydrogen-bond donors (Lipinski definition) is 1. The van der Waals surface area contributed by atoms with Crippen molar-refractivity contribution in [2.24, 2.45) is 0 Å². The van der Waals surface area contributed by atoms with E-state index in [-0.39, 0.29) is 36.0 Å². The molecule has 2 amide bonds. The molecule has 6 heteroatoms. The molecule has 194 valence electrons. The van der Waals surface area contributed by atoms with Gasteiger partial charge in [-0.05, 0) is 48.6 Å². The van der Waals surface area contributed by atoms with E-state index in [1.165, 1.54) is 17.7 Å². The molecule has 0 bridgehead atoms. The highest BCUT2D eigenvalue weighted by Crippen LogP contribution is 2.21. The first-order valence-electron chi connectivity index (χ1n) is 13.0. The highest BCUT2D eigenvalue weighted by atomic mass is 32.2. The zero-order valence-corrected chi connectivity index (χ0v) is 22.2. The first kappa shape index (κ1) is 26.9. The van der Waals surface area contributed by atoms with Crippen molar-refractivity contribution < 1.29 is 14.0 Å². The minimum atomic E-state index is -0.652. The molecule has 0 radical (unpaired) electrons. The predicted molar refractivity (Wildman–Crippen MR) is 149 cm³/mol. The van der Waals surface area contributed by atoms with Crippen LogP contribution in [0, 0.1) is 12.7 Å². The van der Waals surface area contributed by atoms with Crippen LogP contribution in [0.15, 0.2) is 78.9 Å². The number of nitrogens with zero attached hydrogens (tertiary/aromatic N) is 1. The summed E-state index contributed by atoms with van der Waals surface area (Å²) in [7, 11) is 0. The molecule has 0 aromatic heterocycles. The lowest BCUT2D eigenvalue weighted by atomic mass is 10.0. The van der Waals surface area contributed by atoms with Gasteiger partial charge in [-0.25, -0.2) is 4.39 Å². The molecule has 1 aliphatic rings. The number of benzene rings is 3. The highest BCUT2D eigenvalue weighted by molar-refractivity contribution is 7.99. The third kappa shape index (κ3) is 8.19. The largest absolute Gasteiger partial charge is 0.352 e. The minimum Gasteiger partial charge on any atom is -0.352 e. The van der Waals surface area contributed by atoms with Crippen molar-refractivity contribution in [3.8, 4) is 0 Å². The van der Waals surface area contributed by atoms with E-state index < -0.39 is 6.04 Å². The van der Waals surface area contributed by atoms with Crippen molar-refractivity contribution >= 4 is 23.6 Å². The van der Waals surface area contributed by atoms with Crippen LogP contribution < -0.4 is 5.32 Å². The molecule has 3 aromatic rings. The van der Waals surface area contributed by atoms with E-state index in [2.05, 4.69) is 36.5 Å². The SMILES string of the molecule is Cc1ccc(CSCC(=O)N(Cc2ccc(F)cc2)[C@@H](Cc2ccccc2)C(=O)NC2CCCC2)cc1. The van der Waals surface area contributed by atoms with Gasteiger partial charge in [0.15, 0.2) is 0 Å². The van der Waals surface area contributed by atoms with Gasteiger partial charge in [0.25, 0.3) is 0 Å². The Kier molecular flexibility index (Phi) is 9.78. The van der Waals surface area contributed by atoms with E-state index in [4.69, 9.17) is 0 Å². The van der Waals surface area contributed by atoms with Crippen LogP contribution >= 0.6 is 11.8 Å². The van der Waals surface area contributed by atoms with Gasteiger partial charge in [-0.3, -0.25) is 9.59 Å². The molecule has 1 saturated carbocycles. The fourth-order valence-corrected chi connectivity index (χ4v) is 5.60. The molecular formula is C31H35FN2O2S. The van der Waals surface area contributed by atoms with Gasteiger partial charge < -0.3 is 10.2 Å². The van der Waals surface area contributed by atoms with Crippen LogP contribution in [-0.4, -0.2) is 34.6 Å². The number of thioether (sulfide) groups is 1. The summed E-state index contributed by atoms with van der Waals surface area (Å²) < 4.78 is 13.6. The summed E-state index contributed by atoms with van der Waals surface area (Å²) in [6.07, 6.45) is 4.60. The van der Waals surface area contributed by atoms with Crippen molar-refractivity contribution in [2.75, 3.05) is 5.75 Å². The van der Waals surface area contributed by atoms with Crippen molar-refractivity contribution in [1.29, 1.82) is 0 Å². The monoisotopic (exact) mass is 518 g/mol. The predicted octanol–water partition coefficient (Wildman–Crippen LogP) is 6.07. The Labute approximate surface area is 223 Å². The number of halogens is 1. The molecule has 0 aliphatic heterocycles. The Morgan fingerprint density at radius 2 is 1.57 bits per heavy atom. The number of aryl methyl sites for hydroxylation is 1. The summed E-state index contributed by atoms with van der Waals surface area (Å²) in [5, 5.41) is 3.22. The zero-order valence-electron chi connectivity index (χ0n) is 21.4. The van der Waals surface area contributed by atoms with Crippen molar-refractivity contribution in [1.82, 2.24) is 10.2 Å². The van der Waals surface area contributed by atoms with Crippen molar-refractivity contribution in [3.63, 3.8) is 0 Å². The summed E-state index contributed by atoms with van der Waals surface area (Å²) >= 11 is 1.55. The molecule has 0 saturated heterocycles. The summed E-state index contributed by atoms with van der Waals surface area (Å²) in [6, 6.07) is 23.8. The topological polar surface area (TPSA) is 49.4 Å². The molecule has 1 aliphatic carbocycles. The first-order chi connectivity index (χ1) is 18.0. The number of rotatable bonds is 11. The molecule has 4 rings (SSSR count). The number of hydrogen-bond acceptors (Lipinski definition) is 3. The smallest absolute Gasteiger partial charge is 0.243 e. The summed E-state index contributed by atoms with van der Waals surface area (Å²) in [5.74, 6) is 0.444. The number of carbonyl (C=O) groups is 2. The maximum absolute atomic E-state index is 13.7.